The normalized spacial score (nSPS) is 11.9. The molecule has 3 rings (SSSR count). The summed E-state index contributed by atoms with van der Waals surface area (Å²) in [5, 5.41) is 10.6. The molecule has 0 saturated heterocycles. The number of anilines is 1. The van der Waals surface area contributed by atoms with E-state index in [4.69, 9.17) is 9.47 Å². The minimum atomic E-state index is -0.624. The van der Waals surface area contributed by atoms with Crippen molar-refractivity contribution >= 4 is 22.5 Å². The van der Waals surface area contributed by atoms with E-state index in [2.05, 4.69) is 15.5 Å². The molecule has 1 atom stereocenters. The van der Waals surface area contributed by atoms with Gasteiger partial charge in [0, 0.05) is 11.1 Å². The average Bonchev–Trinajstić information content (AvgIpc) is 3.03. The van der Waals surface area contributed by atoms with Crippen molar-refractivity contribution < 1.29 is 14.3 Å². The molecule has 0 radical (unpaired) electrons. The van der Waals surface area contributed by atoms with E-state index in [1.54, 1.807) is 44.5 Å². The molecule has 1 unspecified atom stereocenters. The molecular formula is C17H17N3O3. The third-order valence-electron chi connectivity index (χ3n) is 3.45. The SMILES string of the molecule is COc1ccc(OC(C)C(=O)Nc2ccc3cn[nH]c3c2)cc1. The number of fused-ring (bicyclic) bond motifs is 1. The van der Waals surface area contributed by atoms with Crippen LogP contribution in [0.5, 0.6) is 11.5 Å². The molecule has 0 fully saturated rings. The minimum absolute atomic E-state index is 0.223. The van der Waals surface area contributed by atoms with Crippen LogP contribution in [-0.4, -0.2) is 29.3 Å². The number of benzene rings is 2. The summed E-state index contributed by atoms with van der Waals surface area (Å²) in [6.07, 6.45) is 1.11. The molecule has 0 saturated carbocycles. The summed E-state index contributed by atoms with van der Waals surface area (Å²) in [5.74, 6) is 1.12. The van der Waals surface area contributed by atoms with E-state index in [9.17, 15) is 4.79 Å². The Labute approximate surface area is 133 Å². The van der Waals surface area contributed by atoms with E-state index in [1.165, 1.54) is 0 Å². The summed E-state index contributed by atoms with van der Waals surface area (Å²) in [7, 11) is 1.60. The van der Waals surface area contributed by atoms with E-state index in [0.29, 0.717) is 11.4 Å². The maximum absolute atomic E-state index is 12.2. The highest BCUT2D eigenvalue weighted by Gasteiger charge is 2.15. The first-order chi connectivity index (χ1) is 11.2. The Bertz CT molecular complexity index is 811. The van der Waals surface area contributed by atoms with Crippen molar-refractivity contribution in [1.82, 2.24) is 10.2 Å². The number of hydrogen-bond donors (Lipinski definition) is 2. The van der Waals surface area contributed by atoms with Crippen LogP contribution in [0.2, 0.25) is 0 Å². The van der Waals surface area contributed by atoms with Crippen LogP contribution in [0, 0.1) is 0 Å². The van der Waals surface area contributed by atoms with Crippen molar-refractivity contribution in [3.05, 3.63) is 48.7 Å². The summed E-state index contributed by atoms with van der Waals surface area (Å²) >= 11 is 0. The third kappa shape index (κ3) is 3.42. The van der Waals surface area contributed by atoms with Gasteiger partial charge in [0.15, 0.2) is 6.10 Å². The van der Waals surface area contributed by atoms with Gasteiger partial charge in [-0.2, -0.15) is 5.10 Å². The zero-order chi connectivity index (χ0) is 16.2. The minimum Gasteiger partial charge on any atom is -0.497 e. The van der Waals surface area contributed by atoms with Gasteiger partial charge in [0.25, 0.3) is 5.91 Å². The summed E-state index contributed by atoms with van der Waals surface area (Å²) < 4.78 is 10.7. The molecular weight excluding hydrogens is 294 g/mol. The van der Waals surface area contributed by atoms with Gasteiger partial charge in [-0.15, -0.1) is 0 Å². The number of ether oxygens (including phenoxy) is 2. The number of aromatic nitrogens is 2. The number of rotatable bonds is 5. The number of methoxy groups -OCH3 is 1. The molecule has 0 aliphatic carbocycles. The second-order valence-electron chi connectivity index (χ2n) is 5.10. The smallest absolute Gasteiger partial charge is 0.265 e. The predicted molar refractivity (Wildman–Crippen MR) is 87.8 cm³/mol. The van der Waals surface area contributed by atoms with Gasteiger partial charge in [0.2, 0.25) is 0 Å². The van der Waals surface area contributed by atoms with Crippen LogP contribution in [0.25, 0.3) is 10.9 Å². The van der Waals surface area contributed by atoms with Crippen LogP contribution in [0.3, 0.4) is 0 Å². The van der Waals surface area contributed by atoms with Crippen LogP contribution in [-0.2, 0) is 4.79 Å². The molecule has 1 heterocycles. The molecule has 3 aromatic rings. The monoisotopic (exact) mass is 311 g/mol. The van der Waals surface area contributed by atoms with Gasteiger partial charge >= 0.3 is 0 Å². The summed E-state index contributed by atoms with van der Waals surface area (Å²) in [6, 6.07) is 12.6. The number of carbonyl (C=O) groups excluding carboxylic acids is 1. The lowest BCUT2D eigenvalue weighted by Crippen LogP contribution is -2.30. The molecule has 1 aromatic heterocycles. The first-order valence-corrected chi connectivity index (χ1v) is 7.20. The molecule has 0 spiro atoms. The molecule has 0 aliphatic rings. The number of carbonyl (C=O) groups is 1. The average molecular weight is 311 g/mol. The Balaban J connectivity index is 1.64. The van der Waals surface area contributed by atoms with Crippen molar-refractivity contribution in [2.24, 2.45) is 0 Å². The Hall–Kier alpha value is -3.02. The lowest BCUT2D eigenvalue weighted by atomic mass is 10.2. The highest BCUT2D eigenvalue weighted by atomic mass is 16.5. The van der Waals surface area contributed by atoms with E-state index < -0.39 is 6.10 Å². The molecule has 6 nitrogen and oxygen atoms in total. The van der Waals surface area contributed by atoms with Gasteiger partial charge in [0.05, 0.1) is 18.8 Å². The molecule has 2 aromatic carbocycles. The lowest BCUT2D eigenvalue weighted by molar-refractivity contribution is -0.122. The Morgan fingerprint density at radius 2 is 1.91 bits per heavy atom. The van der Waals surface area contributed by atoms with Gasteiger partial charge in [-0.05, 0) is 49.4 Å². The fourth-order valence-corrected chi connectivity index (χ4v) is 2.17. The summed E-state index contributed by atoms with van der Waals surface area (Å²) in [4.78, 5) is 12.2. The highest BCUT2D eigenvalue weighted by Crippen LogP contribution is 2.19. The number of aromatic amines is 1. The quantitative estimate of drug-likeness (QED) is 0.759. The van der Waals surface area contributed by atoms with Crippen molar-refractivity contribution in [3.8, 4) is 11.5 Å². The molecule has 6 heteroatoms. The van der Waals surface area contributed by atoms with Crippen molar-refractivity contribution in [2.75, 3.05) is 12.4 Å². The van der Waals surface area contributed by atoms with Crippen LogP contribution in [0.1, 0.15) is 6.92 Å². The highest BCUT2D eigenvalue weighted by molar-refractivity contribution is 5.96. The second-order valence-corrected chi connectivity index (χ2v) is 5.10. The molecule has 1 amide bonds. The fourth-order valence-electron chi connectivity index (χ4n) is 2.17. The van der Waals surface area contributed by atoms with Gasteiger partial charge in [0.1, 0.15) is 11.5 Å². The van der Waals surface area contributed by atoms with Gasteiger partial charge < -0.3 is 14.8 Å². The van der Waals surface area contributed by atoms with E-state index >= 15 is 0 Å². The third-order valence-corrected chi connectivity index (χ3v) is 3.45. The van der Waals surface area contributed by atoms with E-state index in [-0.39, 0.29) is 5.91 Å². The molecule has 118 valence electrons. The van der Waals surface area contributed by atoms with Crippen molar-refractivity contribution in [1.29, 1.82) is 0 Å². The fraction of sp³-hybridized carbons (Fsp3) is 0.176. The molecule has 23 heavy (non-hydrogen) atoms. The summed E-state index contributed by atoms with van der Waals surface area (Å²) in [5.41, 5.74) is 1.56. The van der Waals surface area contributed by atoms with E-state index in [0.717, 1.165) is 16.7 Å². The number of amides is 1. The van der Waals surface area contributed by atoms with Crippen LogP contribution in [0.4, 0.5) is 5.69 Å². The lowest BCUT2D eigenvalue weighted by Gasteiger charge is -2.15. The van der Waals surface area contributed by atoms with Gasteiger partial charge in [-0.1, -0.05) is 0 Å². The standard InChI is InChI=1S/C17H17N3O3/c1-11(23-15-7-5-14(22-2)6-8-15)17(21)19-13-4-3-12-10-18-20-16(12)9-13/h3-11H,1-2H3,(H,18,20)(H,19,21). The first kappa shape index (κ1) is 14.9. The van der Waals surface area contributed by atoms with Crippen LogP contribution < -0.4 is 14.8 Å². The topological polar surface area (TPSA) is 76.2 Å². The molecule has 0 bridgehead atoms. The second kappa shape index (κ2) is 6.39. The number of hydrogen-bond acceptors (Lipinski definition) is 4. The van der Waals surface area contributed by atoms with Gasteiger partial charge in [-0.3, -0.25) is 9.89 Å². The summed E-state index contributed by atoms with van der Waals surface area (Å²) in [6.45, 7) is 1.70. The van der Waals surface area contributed by atoms with Crippen LogP contribution in [0.15, 0.2) is 48.7 Å². The largest absolute Gasteiger partial charge is 0.497 e. The first-order valence-electron chi connectivity index (χ1n) is 7.20. The number of nitrogens with zero attached hydrogens (tertiary/aromatic N) is 1. The Kier molecular flexibility index (Phi) is 4.14. The number of H-pyrrole nitrogens is 1. The maximum atomic E-state index is 12.2. The predicted octanol–water partition coefficient (Wildman–Crippen LogP) is 2.98. The van der Waals surface area contributed by atoms with Crippen LogP contribution >= 0.6 is 0 Å². The van der Waals surface area contributed by atoms with E-state index in [1.807, 2.05) is 18.2 Å². The zero-order valence-corrected chi connectivity index (χ0v) is 12.9. The Morgan fingerprint density at radius 3 is 2.65 bits per heavy atom. The number of nitrogens with one attached hydrogen (secondary N) is 2. The molecule has 2 N–H and O–H groups in total. The van der Waals surface area contributed by atoms with Crippen molar-refractivity contribution in [2.45, 2.75) is 13.0 Å². The molecule has 0 aliphatic heterocycles. The van der Waals surface area contributed by atoms with Gasteiger partial charge in [-0.25, -0.2) is 0 Å². The maximum Gasteiger partial charge on any atom is 0.265 e. The zero-order valence-electron chi connectivity index (χ0n) is 12.9. The Morgan fingerprint density at radius 1 is 1.17 bits per heavy atom. The van der Waals surface area contributed by atoms with Crippen molar-refractivity contribution in [3.63, 3.8) is 0 Å².